The van der Waals surface area contributed by atoms with Gasteiger partial charge in [0.2, 0.25) is 11.9 Å². The molecule has 8 nitrogen and oxygen atoms in total. The van der Waals surface area contributed by atoms with Crippen molar-refractivity contribution in [2.75, 3.05) is 29.4 Å². The van der Waals surface area contributed by atoms with Crippen LogP contribution in [0.4, 0.5) is 11.8 Å². The molecular weight excluding hydrogens is 464 g/mol. The molecule has 0 saturated carbocycles. The lowest BCUT2D eigenvalue weighted by Crippen LogP contribution is -2.34. The average Bonchev–Trinajstić information content (AvgIpc) is 3.31. The van der Waals surface area contributed by atoms with Crippen molar-refractivity contribution in [1.29, 1.82) is 0 Å². The minimum atomic E-state index is -4.02. The molecule has 3 heterocycles. The molecule has 2 fully saturated rings. The van der Waals surface area contributed by atoms with Gasteiger partial charge >= 0.3 is 0 Å². The first-order valence-corrected chi connectivity index (χ1v) is 13.2. The third-order valence-corrected chi connectivity index (χ3v) is 7.21. The van der Waals surface area contributed by atoms with Crippen LogP contribution in [0.3, 0.4) is 0 Å². The van der Waals surface area contributed by atoms with Gasteiger partial charge in [-0.15, -0.1) is 0 Å². The number of hydrogen-bond donors (Lipinski definition) is 1. The Morgan fingerprint density at radius 1 is 0.943 bits per heavy atom. The number of aryl methyl sites for hydroxylation is 1. The molecule has 0 atom stereocenters. The largest absolute Gasteiger partial charge is 0.341 e. The number of rotatable bonds is 4. The predicted molar refractivity (Wildman–Crippen MR) is 135 cm³/mol. The molecule has 2 aliphatic rings. The fourth-order valence-electron chi connectivity index (χ4n) is 4.38. The summed E-state index contributed by atoms with van der Waals surface area (Å²) in [6.07, 6.45) is 5.54. The third kappa shape index (κ3) is 6.43. The number of piperidine rings is 1. The highest BCUT2D eigenvalue weighted by Gasteiger charge is 2.25. The van der Waals surface area contributed by atoms with Crippen LogP contribution < -0.4 is 9.80 Å². The van der Waals surface area contributed by atoms with Crippen LogP contribution in [-0.4, -0.2) is 48.5 Å². The molecule has 9 heteroatoms. The Bertz CT molecular complexity index is 1240. The van der Waals surface area contributed by atoms with Gasteiger partial charge in [-0.1, -0.05) is 48.0 Å². The zero-order valence-electron chi connectivity index (χ0n) is 19.7. The Morgan fingerprint density at radius 2 is 1.63 bits per heavy atom. The van der Waals surface area contributed by atoms with Crippen molar-refractivity contribution in [3.63, 3.8) is 0 Å². The van der Waals surface area contributed by atoms with Crippen LogP contribution >= 0.6 is 0 Å². The zero-order valence-corrected chi connectivity index (χ0v) is 20.6. The fraction of sp³-hybridized carbons (Fsp3) is 0.346. The van der Waals surface area contributed by atoms with Gasteiger partial charge in [0.25, 0.3) is 10.1 Å². The second kappa shape index (κ2) is 11.0. The first-order chi connectivity index (χ1) is 16.8. The van der Waals surface area contributed by atoms with Gasteiger partial charge in [-0.2, -0.15) is 13.4 Å². The van der Waals surface area contributed by atoms with Crippen molar-refractivity contribution in [3.8, 4) is 0 Å². The van der Waals surface area contributed by atoms with Crippen molar-refractivity contribution in [2.45, 2.75) is 43.4 Å². The van der Waals surface area contributed by atoms with Crippen LogP contribution in [0.5, 0.6) is 0 Å². The van der Waals surface area contributed by atoms with E-state index in [0.29, 0.717) is 12.3 Å². The molecule has 0 bridgehead atoms. The Labute approximate surface area is 206 Å². The maximum absolute atomic E-state index is 11.9. The van der Waals surface area contributed by atoms with E-state index in [-0.39, 0.29) is 10.8 Å². The van der Waals surface area contributed by atoms with E-state index in [1.807, 2.05) is 13.0 Å². The first-order valence-electron chi connectivity index (χ1n) is 11.8. The quantitative estimate of drug-likeness (QED) is 0.541. The van der Waals surface area contributed by atoms with Gasteiger partial charge in [0.1, 0.15) is 5.82 Å². The summed E-state index contributed by atoms with van der Waals surface area (Å²) in [5, 5.41) is 0. The van der Waals surface area contributed by atoms with Crippen molar-refractivity contribution < 1.29 is 17.8 Å². The van der Waals surface area contributed by atoms with Crippen LogP contribution in [0.25, 0.3) is 0 Å². The molecule has 1 aromatic heterocycles. The molecule has 0 aliphatic carbocycles. The number of hydrogen-bond acceptors (Lipinski definition) is 6. The molecule has 2 saturated heterocycles. The number of carbonyl (C=O) groups excluding carboxylic acids is 1. The van der Waals surface area contributed by atoms with Crippen LogP contribution in [-0.2, 0) is 14.9 Å². The highest BCUT2D eigenvalue weighted by molar-refractivity contribution is 7.85. The number of amides is 1. The molecule has 184 valence electrons. The smallest absolute Gasteiger partial charge is 0.294 e. The molecule has 0 radical (unpaired) electrons. The number of aromatic nitrogens is 2. The van der Waals surface area contributed by atoms with Gasteiger partial charge in [0, 0.05) is 32.3 Å². The summed E-state index contributed by atoms with van der Waals surface area (Å²) in [7, 11) is -4.02. The SMILES string of the molecule is Cc1ccc(S(=O)(=O)O)cc1.O=C1CCCN1c1ccnc(N2CCC(c3ccccc3)CC2)n1. The van der Waals surface area contributed by atoms with Gasteiger partial charge in [-0.25, -0.2) is 4.98 Å². The van der Waals surface area contributed by atoms with E-state index in [1.165, 1.54) is 17.7 Å². The minimum absolute atomic E-state index is 0.0666. The third-order valence-electron chi connectivity index (χ3n) is 6.35. The van der Waals surface area contributed by atoms with E-state index in [1.54, 1.807) is 23.2 Å². The van der Waals surface area contributed by atoms with Gasteiger partial charge in [-0.3, -0.25) is 14.2 Å². The Balaban J connectivity index is 0.000000221. The predicted octanol–water partition coefficient (Wildman–Crippen LogP) is 4.23. The molecule has 1 amide bonds. The lowest BCUT2D eigenvalue weighted by molar-refractivity contribution is -0.117. The molecule has 2 aliphatic heterocycles. The van der Waals surface area contributed by atoms with Crippen LogP contribution in [0.1, 0.15) is 42.7 Å². The summed E-state index contributed by atoms with van der Waals surface area (Å²) in [4.78, 5) is 24.9. The Hall–Kier alpha value is -3.30. The summed E-state index contributed by atoms with van der Waals surface area (Å²) in [5.41, 5.74) is 2.38. The number of nitrogens with zero attached hydrogens (tertiary/aromatic N) is 4. The van der Waals surface area contributed by atoms with E-state index in [0.717, 1.165) is 56.2 Å². The van der Waals surface area contributed by atoms with Crippen molar-refractivity contribution in [2.24, 2.45) is 0 Å². The van der Waals surface area contributed by atoms with E-state index in [4.69, 9.17) is 4.55 Å². The van der Waals surface area contributed by atoms with Gasteiger partial charge < -0.3 is 4.90 Å². The summed E-state index contributed by atoms with van der Waals surface area (Å²) in [5.74, 6) is 2.28. The second-order valence-electron chi connectivity index (χ2n) is 8.82. The minimum Gasteiger partial charge on any atom is -0.341 e. The highest BCUT2D eigenvalue weighted by atomic mass is 32.2. The zero-order chi connectivity index (χ0) is 24.8. The topological polar surface area (TPSA) is 104 Å². The molecule has 0 unspecified atom stereocenters. The van der Waals surface area contributed by atoms with Gasteiger partial charge in [-0.05, 0) is 55.9 Å². The standard InChI is InChI=1S/C19H22N4O.C7H8O3S/c24-18-7-4-12-23(18)17-8-11-20-19(21-17)22-13-9-16(10-14-22)15-5-2-1-3-6-15;1-6-2-4-7(5-3-6)11(8,9)10/h1-3,5-6,8,11,16H,4,7,9-10,12-14H2;2-5H,1H3,(H,8,9,10). The van der Waals surface area contributed by atoms with Gasteiger partial charge in [0.05, 0.1) is 4.90 Å². The molecule has 3 aromatic rings. The summed E-state index contributed by atoms with van der Waals surface area (Å²) in [6, 6.07) is 18.6. The van der Waals surface area contributed by atoms with Crippen LogP contribution in [0.15, 0.2) is 71.8 Å². The molecule has 1 N–H and O–H groups in total. The summed E-state index contributed by atoms with van der Waals surface area (Å²) in [6.45, 7) is 4.52. The Morgan fingerprint density at radius 3 is 2.23 bits per heavy atom. The van der Waals surface area contributed by atoms with E-state index in [2.05, 4.69) is 45.2 Å². The number of anilines is 2. The van der Waals surface area contributed by atoms with E-state index < -0.39 is 10.1 Å². The van der Waals surface area contributed by atoms with E-state index in [9.17, 15) is 13.2 Å². The summed E-state index contributed by atoms with van der Waals surface area (Å²) >= 11 is 0. The van der Waals surface area contributed by atoms with Crippen molar-refractivity contribution in [1.82, 2.24) is 9.97 Å². The number of benzene rings is 2. The van der Waals surface area contributed by atoms with Crippen LogP contribution in [0, 0.1) is 6.92 Å². The highest BCUT2D eigenvalue weighted by Crippen LogP contribution is 2.30. The molecule has 35 heavy (non-hydrogen) atoms. The Kier molecular flexibility index (Phi) is 7.77. The fourth-order valence-corrected chi connectivity index (χ4v) is 4.86. The summed E-state index contributed by atoms with van der Waals surface area (Å²) < 4.78 is 29.6. The normalized spacial score (nSPS) is 16.7. The first kappa shape index (κ1) is 24.8. The average molecular weight is 495 g/mol. The second-order valence-corrected chi connectivity index (χ2v) is 10.2. The van der Waals surface area contributed by atoms with Crippen LogP contribution in [0.2, 0.25) is 0 Å². The maximum Gasteiger partial charge on any atom is 0.294 e. The molecule has 2 aromatic carbocycles. The van der Waals surface area contributed by atoms with E-state index >= 15 is 0 Å². The van der Waals surface area contributed by atoms with Crippen molar-refractivity contribution >= 4 is 27.8 Å². The molecule has 5 rings (SSSR count). The molecule has 0 spiro atoms. The lowest BCUT2D eigenvalue weighted by atomic mass is 9.90. The van der Waals surface area contributed by atoms with Gasteiger partial charge in [0.15, 0.2) is 0 Å². The number of carbonyl (C=O) groups is 1. The molecular formula is C26H30N4O4S. The monoisotopic (exact) mass is 494 g/mol. The lowest BCUT2D eigenvalue weighted by Gasteiger charge is -2.32. The van der Waals surface area contributed by atoms with Crippen molar-refractivity contribution in [3.05, 3.63) is 78.0 Å². The maximum atomic E-state index is 11.9.